The molecule has 4 nitrogen and oxygen atoms in total. The average Bonchev–Trinajstić information content (AvgIpc) is 2.49. The van der Waals surface area contributed by atoms with Crippen molar-refractivity contribution in [2.24, 2.45) is 0 Å². The van der Waals surface area contributed by atoms with Crippen molar-refractivity contribution in [3.05, 3.63) is 58.6 Å². The molecule has 2 aromatic rings. The van der Waals surface area contributed by atoms with Gasteiger partial charge >= 0.3 is 5.97 Å². The molecule has 0 heterocycles. The molecule has 0 aliphatic heterocycles. The molecule has 2 aromatic carbocycles. The first-order valence-electron chi connectivity index (χ1n) is 6.78. The summed E-state index contributed by atoms with van der Waals surface area (Å²) in [5, 5.41) is 9.82. The van der Waals surface area contributed by atoms with Gasteiger partial charge in [0.15, 0.2) is 6.10 Å². The van der Waals surface area contributed by atoms with Gasteiger partial charge in [0.05, 0.1) is 12.1 Å². The van der Waals surface area contributed by atoms with E-state index in [9.17, 15) is 9.90 Å². The molecule has 0 spiro atoms. The first-order chi connectivity index (χ1) is 10.5. The quantitative estimate of drug-likeness (QED) is 0.881. The third kappa shape index (κ3) is 3.92. The molecular formula is C17H17ClO4. The topological polar surface area (TPSA) is 55.8 Å². The van der Waals surface area contributed by atoms with Gasteiger partial charge < -0.3 is 14.6 Å². The highest BCUT2D eigenvalue weighted by molar-refractivity contribution is 6.32. The highest BCUT2D eigenvalue weighted by Crippen LogP contribution is 2.26. The third-order valence-corrected chi connectivity index (χ3v) is 3.57. The minimum Gasteiger partial charge on any atom is -0.495 e. The molecule has 0 aliphatic carbocycles. The molecule has 0 amide bonds. The Bertz CT molecular complexity index is 669. The van der Waals surface area contributed by atoms with Crippen LogP contribution in [-0.4, -0.2) is 24.3 Å². The lowest BCUT2D eigenvalue weighted by molar-refractivity contribution is -0.145. The van der Waals surface area contributed by atoms with Crippen LogP contribution in [0.3, 0.4) is 0 Å². The Morgan fingerprint density at radius 3 is 2.55 bits per heavy atom. The molecule has 1 unspecified atom stereocenters. The van der Waals surface area contributed by atoms with Gasteiger partial charge in [0.25, 0.3) is 0 Å². The lowest BCUT2D eigenvalue weighted by Gasteiger charge is -2.17. The highest BCUT2D eigenvalue weighted by atomic mass is 35.5. The Morgan fingerprint density at radius 1 is 1.23 bits per heavy atom. The molecular weight excluding hydrogens is 304 g/mol. The van der Waals surface area contributed by atoms with Gasteiger partial charge in [-0.05, 0) is 36.2 Å². The molecule has 22 heavy (non-hydrogen) atoms. The number of aryl methyl sites for hydroxylation is 1. The summed E-state index contributed by atoms with van der Waals surface area (Å²) < 4.78 is 10.7. The summed E-state index contributed by atoms with van der Waals surface area (Å²) in [6, 6.07) is 12.5. The highest BCUT2D eigenvalue weighted by Gasteiger charge is 2.21. The lowest BCUT2D eigenvalue weighted by atomic mass is 10.1. The van der Waals surface area contributed by atoms with Gasteiger partial charge in [-0.3, -0.25) is 0 Å². The second-order valence-electron chi connectivity index (χ2n) is 4.88. The molecule has 0 radical (unpaired) electrons. The van der Waals surface area contributed by atoms with Crippen molar-refractivity contribution in [1.82, 2.24) is 0 Å². The molecule has 0 bridgehead atoms. The molecule has 0 saturated heterocycles. The normalized spacial score (nSPS) is 11.8. The van der Waals surface area contributed by atoms with E-state index in [1.54, 1.807) is 24.3 Å². The number of halogens is 1. The Hall–Kier alpha value is -2.20. The molecule has 0 aromatic heterocycles. The Labute approximate surface area is 134 Å². The lowest BCUT2D eigenvalue weighted by Crippen LogP contribution is -2.29. The van der Waals surface area contributed by atoms with Gasteiger partial charge in [0, 0.05) is 6.42 Å². The van der Waals surface area contributed by atoms with Crippen LogP contribution in [0.25, 0.3) is 0 Å². The zero-order valence-corrected chi connectivity index (χ0v) is 13.1. The van der Waals surface area contributed by atoms with E-state index < -0.39 is 12.1 Å². The molecule has 5 heteroatoms. The Kier molecular flexibility index (Phi) is 5.28. The maximum atomic E-state index is 11.4. The predicted octanol–water partition coefficient (Wildman–Crippen LogP) is 3.73. The van der Waals surface area contributed by atoms with Gasteiger partial charge in [-0.1, -0.05) is 35.9 Å². The number of carboxylic acid groups (broad SMARTS) is 1. The smallest absolute Gasteiger partial charge is 0.345 e. The molecule has 1 N–H and O–H groups in total. The van der Waals surface area contributed by atoms with E-state index in [2.05, 4.69) is 0 Å². The van der Waals surface area contributed by atoms with Gasteiger partial charge in [0.1, 0.15) is 11.5 Å². The summed E-state index contributed by atoms with van der Waals surface area (Å²) in [5.41, 5.74) is 1.66. The van der Waals surface area contributed by atoms with E-state index in [4.69, 9.17) is 21.1 Å². The molecule has 116 valence electrons. The molecule has 0 fully saturated rings. The van der Waals surface area contributed by atoms with Crippen molar-refractivity contribution in [3.8, 4) is 11.5 Å². The summed E-state index contributed by atoms with van der Waals surface area (Å²) in [4.78, 5) is 11.4. The number of benzene rings is 2. The van der Waals surface area contributed by atoms with E-state index >= 15 is 0 Å². The summed E-state index contributed by atoms with van der Waals surface area (Å²) in [6.45, 7) is 1.87. The van der Waals surface area contributed by atoms with E-state index in [-0.39, 0.29) is 6.42 Å². The van der Waals surface area contributed by atoms with Gasteiger partial charge in [0.2, 0.25) is 0 Å². The minimum atomic E-state index is -1.02. The number of para-hydroxylation sites is 1. The van der Waals surface area contributed by atoms with Crippen molar-refractivity contribution >= 4 is 17.6 Å². The van der Waals surface area contributed by atoms with Crippen LogP contribution in [-0.2, 0) is 11.2 Å². The molecule has 1 atom stereocenters. The fraction of sp³-hybridized carbons (Fsp3) is 0.235. The Morgan fingerprint density at radius 2 is 1.95 bits per heavy atom. The van der Waals surface area contributed by atoms with Crippen molar-refractivity contribution in [2.75, 3.05) is 7.11 Å². The molecule has 0 saturated carbocycles. The summed E-state index contributed by atoms with van der Waals surface area (Å²) in [6.07, 6.45) is -0.765. The van der Waals surface area contributed by atoms with Crippen LogP contribution in [0.1, 0.15) is 11.1 Å². The number of methoxy groups -OCH3 is 1. The number of hydrogen-bond acceptors (Lipinski definition) is 3. The van der Waals surface area contributed by atoms with Crippen LogP contribution in [0, 0.1) is 6.92 Å². The second kappa shape index (κ2) is 7.18. The monoisotopic (exact) mass is 320 g/mol. The average molecular weight is 321 g/mol. The van der Waals surface area contributed by atoms with E-state index in [0.717, 1.165) is 11.1 Å². The minimum absolute atomic E-state index is 0.216. The first kappa shape index (κ1) is 16.2. The standard InChI is InChI=1S/C17H17ClO4/c1-11-5-3-4-6-14(11)22-16(17(19)20)10-12-7-8-15(21-2)13(18)9-12/h3-9,16H,10H2,1-2H3,(H,19,20). The van der Waals surface area contributed by atoms with Crippen LogP contribution < -0.4 is 9.47 Å². The second-order valence-corrected chi connectivity index (χ2v) is 5.29. The zero-order chi connectivity index (χ0) is 16.1. The maximum absolute atomic E-state index is 11.4. The number of carbonyl (C=O) groups is 1. The Balaban J connectivity index is 2.17. The van der Waals surface area contributed by atoms with Gasteiger partial charge in [-0.2, -0.15) is 0 Å². The molecule has 2 rings (SSSR count). The first-order valence-corrected chi connectivity index (χ1v) is 7.16. The van der Waals surface area contributed by atoms with Gasteiger partial charge in [-0.15, -0.1) is 0 Å². The van der Waals surface area contributed by atoms with Crippen LogP contribution in [0.15, 0.2) is 42.5 Å². The van der Waals surface area contributed by atoms with Gasteiger partial charge in [-0.25, -0.2) is 4.79 Å². The number of ether oxygens (including phenoxy) is 2. The predicted molar refractivity (Wildman–Crippen MR) is 84.9 cm³/mol. The maximum Gasteiger partial charge on any atom is 0.345 e. The number of rotatable bonds is 6. The summed E-state index contributed by atoms with van der Waals surface area (Å²) in [5.74, 6) is 0.0989. The summed E-state index contributed by atoms with van der Waals surface area (Å²) in [7, 11) is 1.53. The van der Waals surface area contributed by atoms with E-state index in [1.807, 2.05) is 25.1 Å². The molecule has 0 aliphatic rings. The van der Waals surface area contributed by atoms with E-state index in [1.165, 1.54) is 7.11 Å². The van der Waals surface area contributed by atoms with Crippen molar-refractivity contribution in [3.63, 3.8) is 0 Å². The van der Waals surface area contributed by atoms with E-state index in [0.29, 0.717) is 16.5 Å². The zero-order valence-electron chi connectivity index (χ0n) is 12.4. The van der Waals surface area contributed by atoms with Crippen LogP contribution in [0.2, 0.25) is 5.02 Å². The SMILES string of the molecule is COc1ccc(CC(Oc2ccccc2C)C(=O)O)cc1Cl. The fourth-order valence-electron chi connectivity index (χ4n) is 2.07. The van der Waals surface area contributed by atoms with Crippen LogP contribution >= 0.6 is 11.6 Å². The van der Waals surface area contributed by atoms with Crippen molar-refractivity contribution in [2.45, 2.75) is 19.4 Å². The third-order valence-electron chi connectivity index (χ3n) is 3.28. The van der Waals surface area contributed by atoms with Crippen molar-refractivity contribution < 1.29 is 19.4 Å². The van der Waals surface area contributed by atoms with Crippen LogP contribution in [0.4, 0.5) is 0 Å². The summed E-state index contributed by atoms with van der Waals surface area (Å²) >= 11 is 6.06. The fourth-order valence-corrected chi connectivity index (χ4v) is 2.35. The number of aliphatic carboxylic acids is 1. The largest absolute Gasteiger partial charge is 0.495 e. The van der Waals surface area contributed by atoms with Crippen molar-refractivity contribution in [1.29, 1.82) is 0 Å². The van der Waals surface area contributed by atoms with Crippen LogP contribution in [0.5, 0.6) is 11.5 Å². The number of hydrogen-bond donors (Lipinski definition) is 1. The number of carboxylic acids is 1.